The van der Waals surface area contributed by atoms with Crippen LogP contribution in [0.1, 0.15) is 24.1 Å². The molecule has 1 fully saturated rings. The first-order chi connectivity index (χ1) is 12.2. The number of hydrogen-bond donors (Lipinski definition) is 2. The van der Waals surface area contributed by atoms with Crippen LogP contribution >= 0.6 is 0 Å². The van der Waals surface area contributed by atoms with Gasteiger partial charge >= 0.3 is 0 Å². The van der Waals surface area contributed by atoms with E-state index in [9.17, 15) is 4.79 Å². The second-order valence-corrected chi connectivity index (χ2v) is 5.70. The van der Waals surface area contributed by atoms with E-state index in [-0.39, 0.29) is 19.8 Å². The van der Waals surface area contributed by atoms with Gasteiger partial charge in [0.05, 0.1) is 19.6 Å². The van der Waals surface area contributed by atoms with E-state index >= 15 is 0 Å². The second kappa shape index (κ2) is 9.56. The molecule has 3 rings (SSSR count). The summed E-state index contributed by atoms with van der Waals surface area (Å²) >= 11 is 0. The molecule has 2 heterocycles. The van der Waals surface area contributed by atoms with Gasteiger partial charge in [-0.2, -0.15) is 0 Å². The normalized spacial score (nSPS) is 13.2. The Morgan fingerprint density at radius 1 is 1.12 bits per heavy atom. The van der Waals surface area contributed by atoms with Gasteiger partial charge < -0.3 is 9.64 Å². The highest BCUT2D eigenvalue weighted by molar-refractivity contribution is 5.77. The molecule has 6 nitrogen and oxygen atoms in total. The van der Waals surface area contributed by atoms with E-state index < -0.39 is 0 Å². The van der Waals surface area contributed by atoms with Crippen LogP contribution in [0.3, 0.4) is 0 Å². The lowest BCUT2D eigenvalue weighted by Gasteiger charge is -2.27. The number of carbonyl (C=O) groups excluding carboxylic acids is 1. The summed E-state index contributed by atoms with van der Waals surface area (Å²) < 4.78 is 5.35. The summed E-state index contributed by atoms with van der Waals surface area (Å²) in [6.07, 6.45) is 2.05. The van der Waals surface area contributed by atoms with Crippen LogP contribution in [0.5, 0.6) is 0 Å². The van der Waals surface area contributed by atoms with E-state index in [0.717, 1.165) is 48.8 Å². The Hall–Kier alpha value is -2.88. The summed E-state index contributed by atoms with van der Waals surface area (Å²) in [5.74, 6) is 12.0. The average Bonchev–Trinajstić information content (AvgIpc) is 2.68. The fourth-order valence-electron chi connectivity index (χ4n) is 2.53. The number of hydrazine groups is 1. The van der Waals surface area contributed by atoms with Crippen LogP contribution in [0.4, 0.5) is 5.82 Å². The molecule has 3 N–H and O–H groups in total. The SMILES string of the molecule is C.NNC(=O)Cc1ccc(C#Cc2ccc(N3CCOCC3)nc2)cc1. The Balaban J connectivity index is 0.00000243. The minimum absolute atomic E-state index is 0. The maximum absolute atomic E-state index is 11.2. The van der Waals surface area contributed by atoms with Gasteiger partial charge in [-0.25, -0.2) is 10.8 Å². The zero-order valence-corrected chi connectivity index (χ0v) is 13.9. The maximum atomic E-state index is 11.2. The van der Waals surface area contributed by atoms with Gasteiger partial charge in [0.25, 0.3) is 0 Å². The number of carbonyl (C=O) groups is 1. The van der Waals surface area contributed by atoms with Crippen LogP contribution in [0.25, 0.3) is 0 Å². The third kappa shape index (κ3) is 5.31. The van der Waals surface area contributed by atoms with Crippen molar-refractivity contribution in [3.63, 3.8) is 0 Å². The molecular weight excluding hydrogens is 328 g/mol. The van der Waals surface area contributed by atoms with Crippen LogP contribution < -0.4 is 16.2 Å². The van der Waals surface area contributed by atoms with E-state index in [2.05, 4.69) is 27.2 Å². The van der Waals surface area contributed by atoms with Gasteiger partial charge in [-0.05, 0) is 29.8 Å². The molecule has 6 heteroatoms. The first kappa shape index (κ1) is 19.4. The monoisotopic (exact) mass is 352 g/mol. The van der Waals surface area contributed by atoms with Crippen LogP contribution in [-0.4, -0.2) is 37.2 Å². The van der Waals surface area contributed by atoms with E-state index in [1.165, 1.54) is 0 Å². The number of morpholine rings is 1. The Morgan fingerprint density at radius 2 is 1.77 bits per heavy atom. The molecule has 1 aromatic carbocycles. The lowest BCUT2D eigenvalue weighted by Crippen LogP contribution is -2.36. The molecular formula is C20H24N4O2. The summed E-state index contributed by atoms with van der Waals surface area (Å²) in [7, 11) is 0. The molecule has 0 spiro atoms. The molecule has 2 aromatic rings. The number of ether oxygens (including phenoxy) is 1. The van der Waals surface area contributed by atoms with Crippen molar-refractivity contribution in [2.24, 2.45) is 5.84 Å². The molecule has 1 aliphatic heterocycles. The van der Waals surface area contributed by atoms with Crippen molar-refractivity contribution in [1.82, 2.24) is 10.4 Å². The molecule has 1 aliphatic rings. The number of benzene rings is 1. The first-order valence-corrected chi connectivity index (χ1v) is 8.14. The van der Waals surface area contributed by atoms with Gasteiger partial charge in [-0.15, -0.1) is 0 Å². The van der Waals surface area contributed by atoms with Crippen molar-refractivity contribution >= 4 is 11.7 Å². The number of nitrogens with one attached hydrogen (secondary N) is 1. The third-order valence-corrected chi connectivity index (χ3v) is 3.91. The standard InChI is InChI=1S/C19H20N4O2.CH4/c20-22-19(24)13-16-4-1-15(2-5-16)3-6-17-7-8-18(21-14-17)23-9-11-25-12-10-23;/h1-2,4-5,7-8,14H,9-13,20H2,(H,22,24);1H4. The summed E-state index contributed by atoms with van der Waals surface area (Å²) in [5, 5.41) is 0. The Labute approximate surface area is 154 Å². The predicted octanol–water partition coefficient (Wildman–Crippen LogP) is 1.49. The minimum Gasteiger partial charge on any atom is -0.378 e. The number of pyridine rings is 1. The van der Waals surface area contributed by atoms with Gasteiger partial charge in [0.15, 0.2) is 0 Å². The largest absolute Gasteiger partial charge is 0.378 e. The number of amides is 1. The van der Waals surface area contributed by atoms with E-state index in [1.807, 2.05) is 36.4 Å². The Bertz CT molecular complexity index is 770. The molecule has 0 radical (unpaired) electrons. The topological polar surface area (TPSA) is 80.5 Å². The molecule has 1 aromatic heterocycles. The molecule has 0 bridgehead atoms. The average molecular weight is 352 g/mol. The Kier molecular flexibility index (Phi) is 7.15. The number of anilines is 1. The van der Waals surface area contributed by atoms with Gasteiger partial charge in [0.1, 0.15) is 5.82 Å². The predicted molar refractivity (Wildman–Crippen MR) is 102 cm³/mol. The van der Waals surface area contributed by atoms with E-state index in [1.54, 1.807) is 6.20 Å². The summed E-state index contributed by atoms with van der Waals surface area (Å²) in [6.45, 7) is 3.22. The summed E-state index contributed by atoms with van der Waals surface area (Å²) in [5.41, 5.74) is 4.76. The number of aromatic nitrogens is 1. The summed E-state index contributed by atoms with van der Waals surface area (Å²) in [6, 6.07) is 11.5. The van der Waals surface area contributed by atoms with E-state index in [4.69, 9.17) is 10.6 Å². The van der Waals surface area contributed by atoms with Crippen molar-refractivity contribution in [2.45, 2.75) is 13.8 Å². The van der Waals surface area contributed by atoms with Crippen LogP contribution in [0.2, 0.25) is 0 Å². The van der Waals surface area contributed by atoms with Crippen molar-refractivity contribution in [3.8, 4) is 11.8 Å². The van der Waals surface area contributed by atoms with Crippen LogP contribution in [-0.2, 0) is 16.0 Å². The van der Waals surface area contributed by atoms with Crippen LogP contribution in [0, 0.1) is 11.8 Å². The highest BCUT2D eigenvalue weighted by atomic mass is 16.5. The van der Waals surface area contributed by atoms with Crippen LogP contribution in [0.15, 0.2) is 42.6 Å². The number of hydrogen-bond acceptors (Lipinski definition) is 5. The lowest BCUT2D eigenvalue weighted by atomic mass is 10.1. The van der Waals surface area contributed by atoms with Crippen molar-refractivity contribution in [2.75, 3.05) is 31.2 Å². The molecule has 0 unspecified atom stereocenters. The summed E-state index contributed by atoms with van der Waals surface area (Å²) in [4.78, 5) is 17.9. The molecule has 0 saturated carbocycles. The van der Waals surface area contributed by atoms with Crippen molar-refractivity contribution in [3.05, 3.63) is 59.3 Å². The van der Waals surface area contributed by atoms with E-state index in [0.29, 0.717) is 0 Å². The number of nitrogens with zero attached hydrogens (tertiary/aromatic N) is 2. The number of nitrogens with two attached hydrogens (primary N) is 1. The molecule has 0 atom stereocenters. The lowest BCUT2D eigenvalue weighted by molar-refractivity contribution is -0.120. The van der Waals surface area contributed by atoms with Crippen molar-refractivity contribution < 1.29 is 9.53 Å². The fourth-order valence-corrected chi connectivity index (χ4v) is 2.53. The Morgan fingerprint density at radius 3 is 2.38 bits per heavy atom. The highest BCUT2D eigenvalue weighted by Crippen LogP contribution is 2.12. The van der Waals surface area contributed by atoms with Gasteiger partial charge in [-0.1, -0.05) is 31.4 Å². The fraction of sp³-hybridized carbons (Fsp3) is 0.300. The van der Waals surface area contributed by atoms with Gasteiger partial charge in [0.2, 0.25) is 5.91 Å². The maximum Gasteiger partial charge on any atom is 0.238 e. The smallest absolute Gasteiger partial charge is 0.238 e. The highest BCUT2D eigenvalue weighted by Gasteiger charge is 2.11. The molecule has 26 heavy (non-hydrogen) atoms. The zero-order chi connectivity index (χ0) is 17.5. The van der Waals surface area contributed by atoms with Gasteiger partial charge in [0, 0.05) is 30.4 Å². The quantitative estimate of drug-likeness (QED) is 0.379. The molecule has 1 amide bonds. The third-order valence-electron chi connectivity index (χ3n) is 3.91. The molecule has 0 aliphatic carbocycles. The first-order valence-electron chi connectivity index (χ1n) is 8.14. The van der Waals surface area contributed by atoms with Gasteiger partial charge in [-0.3, -0.25) is 10.2 Å². The molecule has 1 saturated heterocycles. The van der Waals surface area contributed by atoms with Crippen molar-refractivity contribution in [1.29, 1.82) is 0 Å². The number of rotatable bonds is 3. The zero-order valence-electron chi connectivity index (χ0n) is 13.9. The molecule has 136 valence electrons. The second-order valence-electron chi connectivity index (χ2n) is 5.70. The minimum atomic E-state index is -0.217.